The monoisotopic (exact) mass is 412 g/mol. The van der Waals surface area contributed by atoms with Gasteiger partial charge in [0.05, 0.1) is 6.61 Å². The fraction of sp³-hybridized carbons (Fsp3) is 0.760. The van der Waals surface area contributed by atoms with E-state index in [0.717, 1.165) is 43.1 Å². The Bertz CT molecular complexity index is 848. The van der Waals surface area contributed by atoms with E-state index in [9.17, 15) is 5.11 Å². The predicted octanol–water partition coefficient (Wildman–Crippen LogP) is 5.02. The highest BCUT2D eigenvalue weighted by molar-refractivity contribution is 5.37. The Morgan fingerprint density at radius 2 is 1.70 bits per heavy atom. The molecule has 6 aliphatic rings. The molecule has 1 saturated heterocycles. The molecule has 1 aromatic carbocycles. The minimum atomic E-state index is -0.557. The summed E-state index contributed by atoms with van der Waals surface area (Å²) in [6, 6.07) is 5.95. The molecule has 0 radical (unpaired) electrons. The third-order valence-electron chi connectivity index (χ3n) is 10.0. The molecule has 3 bridgehead atoms. The van der Waals surface area contributed by atoms with E-state index >= 15 is 0 Å². The van der Waals surface area contributed by atoms with E-state index < -0.39 is 11.6 Å². The van der Waals surface area contributed by atoms with Gasteiger partial charge in [-0.2, -0.15) is 9.78 Å². The van der Waals surface area contributed by atoms with Crippen LogP contribution in [0.1, 0.15) is 74.8 Å². The van der Waals surface area contributed by atoms with Gasteiger partial charge in [0.25, 0.3) is 0 Å². The minimum absolute atomic E-state index is 0.310. The van der Waals surface area contributed by atoms with Gasteiger partial charge in [-0.15, -0.1) is 0 Å². The second-order valence-corrected chi connectivity index (χ2v) is 11.1. The number of methoxy groups -OCH3 is 1. The summed E-state index contributed by atoms with van der Waals surface area (Å²) >= 11 is 0. The van der Waals surface area contributed by atoms with Gasteiger partial charge in [-0.3, -0.25) is 0 Å². The molecule has 30 heavy (non-hydrogen) atoms. The van der Waals surface area contributed by atoms with E-state index in [-0.39, 0.29) is 0 Å². The van der Waals surface area contributed by atoms with Crippen LogP contribution in [0.3, 0.4) is 0 Å². The highest BCUT2D eigenvalue weighted by Crippen LogP contribution is 2.79. The Hall–Kier alpha value is -1.14. The number of phenolic OH excluding ortho intramolecular Hbond substituents is 1. The average molecular weight is 413 g/mol. The Kier molecular flexibility index (Phi) is 3.69. The van der Waals surface area contributed by atoms with Gasteiger partial charge in [-0.1, -0.05) is 6.07 Å². The molecule has 5 heteroatoms. The van der Waals surface area contributed by atoms with Gasteiger partial charge < -0.3 is 14.6 Å². The van der Waals surface area contributed by atoms with Crippen LogP contribution < -0.4 is 0 Å². The summed E-state index contributed by atoms with van der Waals surface area (Å²) in [5.74, 6) is 2.64. The largest absolute Gasteiger partial charge is 0.508 e. The zero-order valence-corrected chi connectivity index (χ0v) is 17.8. The molecule has 1 heterocycles. The fourth-order valence-electron chi connectivity index (χ4n) is 8.59. The van der Waals surface area contributed by atoms with Gasteiger partial charge in [-0.05, 0) is 85.8 Å². The number of hydrogen-bond acceptors (Lipinski definition) is 5. The lowest BCUT2D eigenvalue weighted by atomic mass is 9.56. The standard InChI is InChI=1S/C25H32O5/c1-27-14-17-8-16(2-3-22(17)26)15-4-6-24(7-5-15)28-25(30-29-24)20-10-18-9-19-11-21(25)13-23(18,19)12-20/h2-3,8,15,18-21,26H,4-7,9-14H2,1H3/t15-,18?,19?,20?,21?,23?,24+,25?. The van der Waals surface area contributed by atoms with Crippen molar-refractivity contribution in [3.05, 3.63) is 29.3 Å². The first-order valence-corrected chi connectivity index (χ1v) is 11.9. The zero-order valence-electron chi connectivity index (χ0n) is 17.8. The lowest BCUT2D eigenvalue weighted by molar-refractivity contribution is -0.374. The van der Waals surface area contributed by atoms with Crippen LogP contribution in [0, 0.1) is 29.1 Å². The highest BCUT2D eigenvalue weighted by Gasteiger charge is 2.77. The lowest BCUT2D eigenvalue weighted by Crippen LogP contribution is -2.50. The molecule has 1 aliphatic heterocycles. The molecule has 0 amide bonds. The van der Waals surface area contributed by atoms with Crippen molar-refractivity contribution in [2.45, 2.75) is 81.9 Å². The quantitative estimate of drug-likeness (QED) is 0.706. The molecule has 1 N–H and O–H groups in total. The Morgan fingerprint density at radius 1 is 1.00 bits per heavy atom. The van der Waals surface area contributed by atoms with E-state index in [4.69, 9.17) is 19.2 Å². The van der Waals surface area contributed by atoms with Crippen LogP contribution in [0.2, 0.25) is 0 Å². The summed E-state index contributed by atoms with van der Waals surface area (Å²) in [6.45, 7) is 0.436. The molecule has 5 aliphatic carbocycles. The van der Waals surface area contributed by atoms with Crippen molar-refractivity contribution in [1.29, 1.82) is 0 Å². The van der Waals surface area contributed by atoms with Crippen LogP contribution >= 0.6 is 0 Å². The number of aromatic hydroxyl groups is 1. The number of hydrogen-bond donors (Lipinski definition) is 1. The molecule has 1 aromatic rings. The van der Waals surface area contributed by atoms with Crippen LogP contribution in [0.4, 0.5) is 0 Å². The molecule has 6 fully saturated rings. The van der Waals surface area contributed by atoms with Crippen molar-refractivity contribution in [3.63, 3.8) is 0 Å². The van der Waals surface area contributed by atoms with Crippen LogP contribution in [-0.2, 0) is 25.9 Å². The van der Waals surface area contributed by atoms with Gasteiger partial charge in [-0.25, -0.2) is 0 Å². The van der Waals surface area contributed by atoms with Gasteiger partial charge in [0.2, 0.25) is 11.6 Å². The Morgan fingerprint density at radius 3 is 2.40 bits per heavy atom. The first-order chi connectivity index (χ1) is 14.6. The maximum atomic E-state index is 10.1. The molecule has 3 spiro atoms. The average Bonchev–Trinajstić information content (AvgIpc) is 3.33. The highest BCUT2D eigenvalue weighted by atomic mass is 17.3. The second-order valence-electron chi connectivity index (χ2n) is 11.1. The molecule has 4 unspecified atom stereocenters. The van der Waals surface area contributed by atoms with Crippen molar-refractivity contribution in [2.75, 3.05) is 7.11 Å². The Labute approximate surface area is 178 Å². The minimum Gasteiger partial charge on any atom is -0.508 e. The number of rotatable bonds is 3. The van der Waals surface area contributed by atoms with E-state index in [0.29, 0.717) is 35.5 Å². The predicted molar refractivity (Wildman–Crippen MR) is 108 cm³/mol. The zero-order chi connectivity index (χ0) is 20.1. The van der Waals surface area contributed by atoms with Crippen LogP contribution in [0.5, 0.6) is 5.75 Å². The SMILES string of the molecule is COCc1cc([C@H]2CC[C@]3(CC2)OO[C@]2(O3)C3CC4CC5CC2CC45C3)ccc1O. The fourth-order valence-corrected chi connectivity index (χ4v) is 8.59. The van der Waals surface area contributed by atoms with E-state index in [2.05, 4.69) is 12.1 Å². The van der Waals surface area contributed by atoms with Crippen molar-refractivity contribution in [1.82, 2.24) is 0 Å². The summed E-state index contributed by atoms with van der Waals surface area (Å²) in [5, 5.41) is 10.1. The topological polar surface area (TPSA) is 57.2 Å². The normalized spacial score (nSPS) is 50.4. The number of fused-ring (bicyclic) bond motifs is 4. The molecule has 7 rings (SSSR count). The van der Waals surface area contributed by atoms with E-state index in [1.54, 1.807) is 13.2 Å². The number of benzene rings is 1. The third-order valence-corrected chi connectivity index (χ3v) is 10.0. The van der Waals surface area contributed by atoms with Crippen LogP contribution in [0.25, 0.3) is 0 Å². The van der Waals surface area contributed by atoms with Gasteiger partial charge in [0, 0.05) is 37.4 Å². The van der Waals surface area contributed by atoms with Gasteiger partial charge >= 0.3 is 0 Å². The maximum Gasteiger partial charge on any atom is 0.210 e. The summed E-state index contributed by atoms with van der Waals surface area (Å²) in [7, 11) is 1.66. The number of phenols is 1. The summed E-state index contributed by atoms with van der Waals surface area (Å²) < 4.78 is 12.1. The Balaban J connectivity index is 1.08. The first kappa shape index (κ1) is 18.4. The lowest BCUT2D eigenvalue weighted by Gasteiger charge is -2.49. The van der Waals surface area contributed by atoms with Crippen LogP contribution in [0.15, 0.2) is 18.2 Å². The first-order valence-electron chi connectivity index (χ1n) is 11.9. The van der Waals surface area contributed by atoms with Crippen molar-refractivity contribution < 1.29 is 24.4 Å². The summed E-state index contributed by atoms with van der Waals surface area (Å²) in [6.07, 6.45) is 10.4. The molecule has 5 nitrogen and oxygen atoms in total. The van der Waals surface area contributed by atoms with Crippen molar-refractivity contribution in [2.24, 2.45) is 29.1 Å². The van der Waals surface area contributed by atoms with Gasteiger partial charge in [0.1, 0.15) is 5.75 Å². The molecular formula is C25H32O5. The van der Waals surface area contributed by atoms with Crippen LogP contribution in [-0.4, -0.2) is 23.8 Å². The third kappa shape index (κ3) is 2.22. The number of ether oxygens (including phenoxy) is 2. The smallest absolute Gasteiger partial charge is 0.210 e. The molecular weight excluding hydrogens is 380 g/mol. The van der Waals surface area contributed by atoms with Crippen molar-refractivity contribution in [3.8, 4) is 5.75 Å². The van der Waals surface area contributed by atoms with Gasteiger partial charge in [0.15, 0.2) is 0 Å². The van der Waals surface area contributed by atoms with E-state index in [1.165, 1.54) is 37.7 Å². The molecule has 4 atom stereocenters. The second kappa shape index (κ2) is 6.00. The molecule has 162 valence electrons. The molecule has 0 aromatic heterocycles. The van der Waals surface area contributed by atoms with E-state index in [1.807, 2.05) is 0 Å². The maximum absolute atomic E-state index is 10.1. The summed E-state index contributed by atoms with van der Waals surface area (Å²) in [5.41, 5.74) is 2.79. The molecule has 5 saturated carbocycles. The van der Waals surface area contributed by atoms with Crippen molar-refractivity contribution >= 4 is 0 Å². The summed E-state index contributed by atoms with van der Waals surface area (Å²) in [4.78, 5) is 12.3.